The number of hydrogen-bond donors (Lipinski definition) is 2. The summed E-state index contributed by atoms with van der Waals surface area (Å²) in [6.45, 7) is 1.88. The van der Waals surface area contributed by atoms with Gasteiger partial charge in [-0.25, -0.2) is 0 Å². The number of aryl methyl sites for hydroxylation is 1. The van der Waals surface area contributed by atoms with Crippen molar-refractivity contribution in [2.24, 2.45) is 0 Å². The Hall–Kier alpha value is -2.99. The Bertz CT molecular complexity index is 1030. The van der Waals surface area contributed by atoms with Crippen LogP contribution < -0.4 is 10.6 Å². The molecule has 1 aliphatic heterocycles. The standard InChI is InChI=1S/C20H15BrN4O/c1-12-9-15(11-22-25-12)23-19(13-5-3-2-4-6-13)18-16-10-14(21)7-8-17(16)24-20(18)26/h2-11H,1H3,(H,23,25)(H,24,26)/b19-18-. The van der Waals surface area contributed by atoms with E-state index in [4.69, 9.17) is 0 Å². The van der Waals surface area contributed by atoms with E-state index in [1.165, 1.54) is 0 Å². The fourth-order valence-corrected chi connectivity index (χ4v) is 3.32. The SMILES string of the molecule is Cc1cc(N/C(=C2\C(=O)Nc3ccc(Br)cc32)c2ccccc2)cnn1. The summed E-state index contributed by atoms with van der Waals surface area (Å²) < 4.78 is 0.916. The number of nitrogens with zero attached hydrogens (tertiary/aromatic N) is 2. The van der Waals surface area contributed by atoms with Crippen LogP contribution in [-0.4, -0.2) is 16.1 Å². The zero-order valence-corrected chi connectivity index (χ0v) is 15.5. The van der Waals surface area contributed by atoms with E-state index in [9.17, 15) is 4.79 Å². The molecule has 1 aromatic heterocycles. The van der Waals surface area contributed by atoms with Crippen molar-refractivity contribution in [2.75, 3.05) is 10.6 Å². The van der Waals surface area contributed by atoms with Gasteiger partial charge in [-0.3, -0.25) is 4.79 Å². The summed E-state index contributed by atoms with van der Waals surface area (Å²) >= 11 is 3.49. The summed E-state index contributed by atoms with van der Waals surface area (Å²) in [6.07, 6.45) is 1.64. The second-order valence-electron chi connectivity index (χ2n) is 5.97. The van der Waals surface area contributed by atoms with Crippen molar-refractivity contribution in [3.05, 3.63) is 82.1 Å². The van der Waals surface area contributed by atoms with Crippen molar-refractivity contribution >= 4 is 44.5 Å². The minimum atomic E-state index is -0.136. The maximum absolute atomic E-state index is 12.8. The number of halogens is 1. The van der Waals surface area contributed by atoms with E-state index in [-0.39, 0.29) is 5.91 Å². The summed E-state index contributed by atoms with van der Waals surface area (Å²) in [6, 6.07) is 17.4. The molecule has 5 nitrogen and oxygen atoms in total. The molecular weight excluding hydrogens is 392 g/mol. The average molecular weight is 407 g/mol. The number of rotatable bonds is 3. The van der Waals surface area contributed by atoms with Gasteiger partial charge in [0.25, 0.3) is 5.91 Å². The molecule has 4 rings (SSSR count). The molecule has 0 saturated heterocycles. The molecule has 0 spiro atoms. The predicted octanol–water partition coefficient (Wildman–Crippen LogP) is 4.48. The van der Waals surface area contributed by atoms with E-state index in [1.807, 2.05) is 61.5 Å². The minimum absolute atomic E-state index is 0.136. The lowest BCUT2D eigenvalue weighted by atomic mass is 10.00. The molecule has 2 aromatic carbocycles. The molecule has 0 atom stereocenters. The molecule has 0 aliphatic carbocycles. The highest BCUT2D eigenvalue weighted by molar-refractivity contribution is 9.10. The second-order valence-corrected chi connectivity index (χ2v) is 6.89. The Morgan fingerprint density at radius 2 is 1.92 bits per heavy atom. The highest BCUT2D eigenvalue weighted by Crippen LogP contribution is 2.38. The van der Waals surface area contributed by atoms with E-state index in [0.717, 1.165) is 38.4 Å². The van der Waals surface area contributed by atoms with Gasteiger partial charge in [0.05, 0.1) is 28.8 Å². The highest BCUT2D eigenvalue weighted by Gasteiger charge is 2.28. The summed E-state index contributed by atoms with van der Waals surface area (Å²) in [5.41, 5.74) is 5.47. The molecule has 0 bridgehead atoms. The number of fused-ring (bicyclic) bond motifs is 1. The van der Waals surface area contributed by atoms with Gasteiger partial charge in [-0.1, -0.05) is 46.3 Å². The van der Waals surface area contributed by atoms with Crippen LogP contribution in [0.1, 0.15) is 16.8 Å². The maximum Gasteiger partial charge on any atom is 0.258 e. The van der Waals surface area contributed by atoms with Gasteiger partial charge in [0, 0.05) is 15.7 Å². The van der Waals surface area contributed by atoms with Gasteiger partial charge in [-0.2, -0.15) is 10.2 Å². The Morgan fingerprint density at radius 3 is 2.69 bits per heavy atom. The summed E-state index contributed by atoms with van der Waals surface area (Å²) in [4.78, 5) is 12.8. The van der Waals surface area contributed by atoms with Crippen LogP contribution in [0.15, 0.2) is 65.3 Å². The van der Waals surface area contributed by atoms with Gasteiger partial charge < -0.3 is 10.6 Å². The third kappa shape index (κ3) is 3.11. The zero-order valence-electron chi connectivity index (χ0n) is 14.0. The van der Waals surface area contributed by atoms with E-state index < -0.39 is 0 Å². The first-order chi connectivity index (χ1) is 12.6. The first-order valence-corrected chi connectivity index (χ1v) is 8.88. The van der Waals surface area contributed by atoms with Crippen molar-refractivity contribution in [1.29, 1.82) is 0 Å². The summed E-state index contributed by atoms with van der Waals surface area (Å²) in [7, 11) is 0. The Balaban J connectivity index is 1.92. The van der Waals surface area contributed by atoms with Crippen LogP contribution in [0.4, 0.5) is 11.4 Å². The van der Waals surface area contributed by atoms with Crippen molar-refractivity contribution in [3.63, 3.8) is 0 Å². The number of aromatic nitrogens is 2. The lowest BCUT2D eigenvalue weighted by molar-refractivity contribution is -0.110. The van der Waals surface area contributed by atoms with Crippen LogP contribution in [0.25, 0.3) is 11.3 Å². The summed E-state index contributed by atoms with van der Waals surface area (Å²) in [5, 5.41) is 14.3. The van der Waals surface area contributed by atoms with Crippen LogP contribution in [0.2, 0.25) is 0 Å². The number of carbonyl (C=O) groups excluding carboxylic acids is 1. The quantitative estimate of drug-likeness (QED) is 0.629. The smallest absolute Gasteiger partial charge is 0.258 e. The van der Waals surface area contributed by atoms with E-state index in [1.54, 1.807) is 6.20 Å². The molecule has 6 heteroatoms. The fraction of sp³-hybridized carbons (Fsp3) is 0.0500. The zero-order chi connectivity index (χ0) is 18.1. The number of nitrogens with one attached hydrogen (secondary N) is 2. The molecule has 128 valence electrons. The first-order valence-electron chi connectivity index (χ1n) is 8.09. The number of carbonyl (C=O) groups is 1. The Labute approximate surface area is 159 Å². The van der Waals surface area contributed by atoms with E-state index in [2.05, 4.69) is 36.8 Å². The van der Waals surface area contributed by atoms with Crippen molar-refractivity contribution in [3.8, 4) is 0 Å². The number of anilines is 2. The highest BCUT2D eigenvalue weighted by atomic mass is 79.9. The summed E-state index contributed by atoms with van der Waals surface area (Å²) in [5.74, 6) is -0.136. The molecule has 3 aromatic rings. The number of amides is 1. The number of hydrogen-bond acceptors (Lipinski definition) is 4. The number of benzene rings is 2. The average Bonchev–Trinajstić information content (AvgIpc) is 2.95. The van der Waals surface area contributed by atoms with Crippen molar-refractivity contribution < 1.29 is 4.79 Å². The molecule has 0 fully saturated rings. The third-order valence-corrected chi connectivity index (χ3v) is 4.58. The maximum atomic E-state index is 12.8. The molecule has 1 aliphatic rings. The molecule has 0 radical (unpaired) electrons. The van der Waals surface area contributed by atoms with E-state index >= 15 is 0 Å². The largest absolute Gasteiger partial charge is 0.353 e. The second kappa shape index (κ2) is 6.72. The van der Waals surface area contributed by atoms with Crippen LogP contribution in [0.3, 0.4) is 0 Å². The van der Waals surface area contributed by atoms with Crippen LogP contribution in [-0.2, 0) is 4.79 Å². The molecule has 0 saturated carbocycles. The molecule has 0 unspecified atom stereocenters. The van der Waals surface area contributed by atoms with Gasteiger partial charge in [0.1, 0.15) is 0 Å². The van der Waals surface area contributed by atoms with Gasteiger partial charge in [-0.15, -0.1) is 0 Å². The fourth-order valence-electron chi connectivity index (χ4n) is 2.96. The topological polar surface area (TPSA) is 66.9 Å². The lowest BCUT2D eigenvalue weighted by Gasteiger charge is -2.14. The Morgan fingerprint density at radius 1 is 1.12 bits per heavy atom. The van der Waals surface area contributed by atoms with E-state index in [0.29, 0.717) is 5.57 Å². The molecule has 1 amide bonds. The molecule has 26 heavy (non-hydrogen) atoms. The minimum Gasteiger partial charge on any atom is -0.353 e. The molecule has 2 N–H and O–H groups in total. The van der Waals surface area contributed by atoms with Crippen LogP contribution in [0, 0.1) is 6.92 Å². The molecular formula is C20H15BrN4O. The molecule has 2 heterocycles. The third-order valence-electron chi connectivity index (χ3n) is 4.08. The monoisotopic (exact) mass is 406 g/mol. The normalized spacial score (nSPS) is 14.6. The van der Waals surface area contributed by atoms with Gasteiger partial charge in [0.15, 0.2) is 0 Å². The first kappa shape index (κ1) is 16.5. The van der Waals surface area contributed by atoms with Crippen molar-refractivity contribution in [2.45, 2.75) is 6.92 Å². The Kier molecular flexibility index (Phi) is 4.26. The lowest BCUT2D eigenvalue weighted by Crippen LogP contribution is -2.10. The van der Waals surface area contributed by atoms with Gasteiger partial charge >= 0.3 is 0 Å². The van der Waals surface area contributed by atoms with Crippen molar-refractivity contribution in [1.82, 2.24) is 10.2 Å². The van der Waals surface area contributed by atoms with Gasteiger partial charge in [0.2, 0.25) is 0 Å². The van der Waals surface area contributed by atoms with Gasteiger partial charge in [-0.05, 0) is 36.8 Å². The van der Waals surface area contributed by atoms with Crippen LogP contribution >= 0.6 is 15.9 Å². The van der Waals surface area contributed by atoms with Crippen LogP contribution in [0.5, 0.6) is 0 Å². The predicted molar refractivity (Wildman–Crippen MR) is 106 cm³/mol.